The Hall–Kier alpha value is -0.450. The Balaban J connectivity index is 1.79. The lowest BCUT2D eigenvalue weighted by molar-refractivity contribution is -0.164. The minimum Gasteiger partial charge on any atom is -0.392 e. The second-order valence-electron chi connectivity index (χ2n) is 9.58. The summed E-state index contributed by atoms with van der Waals surface area (Å²) in [6, 6.07) is 0. The fourth-order valence-electron chi connectivity index (χ4n) is 7.36. The number of rotatable bonds is 4. The van der Waals surface area contributed by atoms with E-state index in [-0.39, 0.29) is 22.9 Å². The predicted octanol–water partition coefficient (Wildman–Crippen LogP) is 3.21. The van der Waals surface area contributed by atoms with E-state index in [0.717, 1.165) is 25.7 Å². The van der Waals surface area contributed by atoms with Crippen LogP contribution in [0.1, 0.15) is 59.3 Å². The molecule has 4 nitrogen and oxygen atoms in total. The van der Waals surface area contributed by atoms with Crippen molar-refractivity contribution < 1.29 is 19.4 Å². The van der Waals surface area contributed by atoms with Gasteiger partial charge in [-0.2, -0.15) is 0 Å². The first-order valence-electron chi connectivity index (χ1n) is 10.2. The standard InChI is InChI=1S/C21H34O4/c1-5-25-12-19(3)11-16(22)21-10-14(21)6-8-20(13(2)18(19)23)9-7-15(24-4)17(20)21/h13-17,22H,5-12H2,1-4H3/t13-,14-,15+,16+,17?,19-,20?,21-/m0/s1. The fraction of sp³-hybridized carbons (Fsp3) is 0.952. The fourth-order valence-corrected chi connectivity index (χ4v) is 7.36. The Bertz CT molecular complexity index is 562. The minimum absolute atomic E-state index is 0.0135. The van der Waals surface area contributed by atoms with Crippen LogP contribution in [0.4, 0.5) is 0 Å². The molecule has 4 heteroatoms. The van der Waals surface area contributed by atoms with Gasteiger partial charge in [0.05, 0.1) is 24.2 Å². The summed E-state index contributed by atoms with van der Waals surface area (Å²) < 4.78 is 11.6. The van der Waals surface area contributed by atoms with Gasteiger partial charge in [0.15, 0.2) is 0 Å². The molecule has 1 N–H and O–H groups in total. The van der Waals surface area contributed by atoms with E-state index >= 15 is 0 Å². The summed E-state index contributed by atoms with van der Waals surface area (Å²) in [5, 5.41) is 11.4. The highest BCUT2D eigenvalue weighted by atomic mass is 16.5. The van der Waals surface area contributed by atoms with Crippen molar-refractivity contribution in [2.24, 2.45) is 34.0 Å². The van der Waals surface area contributed by atoms with E-state index in [2.05, 4.69) is 6.92 Å². The van der Waals surface area contributed by atoms with E-state index in [1.54, 1.807) is 0 Å². The van der Waals surface area contributed by atoms with E-state index in [9.17, 15) is 9.90 Å². The van der Waals surface area contributed by atoms with Gasteiger partial charge in [0.2, 0.25) is 0 Å². The number of aliphatic hydroxyl groups excluding tert-OH is 1. The van der Waals surface area contributed by atoms with E-state index < -0.39 is 11.5 Å². The number of ketones is 1. The quantitative estimate of drug-likeness (QED) is 0.846. The topological polar surface area (TPSA) is 55.8 Å². The van der Waals surface area contributed by atoms with Gasteiger partial charge >= 0.3 is 0 Å². The van der Waals surface area contributed by atoms with E-state index in [0.29, 0.717) is 37.3 Å². The average molecular weight is 350 g/mol. The molecule has 25 heavy (non-hydrogen) atoms. The van der Waals surface area contributed by atoms with Crippen molar-refractivity contribution >= 4 is 5.78 Å². The molecule has 2 bridgehead atoms. The molecule has 0 amide bonds. The highest BCUT2D eigenvalue weighted by molar-refractivity contribution is 5.87. The molecule has 0 heterocycles. The predicted molar refractivity (Wildman–Crippen MR) is 95.1 cm³/mol. The summed E-state index contributed by atoms with van der Waals surface area (Å²) in [6.45, 7) is 7.19. The zero-order chi connectivity index (χ0) is 18.0. The first kappa shape index (κ1) is 17.9. The molecule has 2 unspecified atom stereocenters. The van der Waals surface area contributed by atoms with E-state index in [4.69, 9.17) is 9.47 Å². The van der Waals surface area contributed by atoms with Gasteiger partial charge < -0.3 is 14.6 Å². The van der Waals surface area contributed by atoms with Crippen molar-refractivity contribution in [3.8, 4) is 0 Å². The second kappa shape index (κ2) is 5.77. The smallest absolute Gasteiger partial charge is 0.144 e. The molecule has 142 valence electrons. The number of aliphatic hydroxyl groups is 1. The molecule has 0 radical (unpaired) electrons. The maximum Gasteiger partial charge on any atom is 0.144 e. The van der Waals surface area contributed by atoms with Gasteiger partial charge in [-0.3, -0.25) is 4.79 Å². The molecule has 1 spiro atoms. The highest BCUT2D eigenvalue weighted by Gasteiger charge is 2.76. The summed E-state index contributed by atoms with van der Waals surface area (Å²) in [5.74, 6) is 1.28. The van der Waals surface area contributed by atoms with Gasteiger partial charge in [0.25, 0.3) is 0 Å². The Morgan fingerprint density at radius 3 is 2.64 bits per heavy atom. The lowest BCUT2D eigenvalue weighted by Crippen LogP contribution is -2.57. The number of hydrogen-bond donors (Lipinski definition) is 1. The van der Waals surface area contributed by atoms with Crippen LogP contribution in [0, 0.1) is 34.0 Å². The molecule has 8 atom stereocenters. The summed E-state index contributed by atoms with van der Waals surface area (Å²) >= 11 is 0. The van der Waals surface area contributed by atoms with Crippen molar-refractivity contribution in [3.63, 3.8) is 0 Å². The van der Waals surface area contributed by atoms with Gasteiger partial charge in [-0.15, -0.1) is 0 Å². The normalized spacial score (nSPS) is 54.4. The van der Waals surface area contributed by atoms with Crippen molar-refractivity contribution in [2.45, 2.75) is 71.5 Å². The number of carbonyl (C=O) groups excluding carboxylic acids is 1. The van der Waals surface area contributed by atoms with Crippen LogP contribution in [0.15, 0.2) is 0 Å². The zero-order valence-electron chi connectivity index (χ0n) is 16.2. The van der Waals surface area contributed by atoms with Gasteiger partial charge in [0, 0.05) is 25.0 Å². The van der Waals surface area contributed by atoms with Crippen LogP contribution in [0.2, 0.25) is 0 Å². The van der Waals surface area contributed by atoms with Crippen LogP contribution in [0.3, 0.4) is 0 Å². The molecular formula is C21H34O4. The third-order valence-electron chi connectivity index (χ3n) is 8.66. The Kier molecular flexibility index (Phi) is 4.14. The molecular weight excluding hydrogens is 316 g/mol. The molecule has 4 aliphatic rings. The van der Waals surface area contributed by atoms with Crippen molar-refractivity contribution in [2.75, 3.05) is 20.3 Å². The highest BCUT2D eigenvalue weighted by Crippen LogP contribution is 2.77. The monoisotopic (exact) mass is 350 g/mol. The second-order valence-corrected chi connectivity index (χ2v) is 9.58. The van der Waals surface area contributed by atoms with Crippen LogP contribution in [-0.2, 0) is 14.3 Å². The lowest BCUT2D eigenvalue weighted by atomic mass is 9.50. The number of methoxy groups -OCH3 is 1. The van der Waals surface area contributed by atoms with Crippen molar-refractivity contribution in [3.05, 3.63) is 0 Å². The Labute approximate surface area is 151 Å². The SMILES string of the molecule is CCOC[C@]1(C)C[C@@H](O)[C@]23C[C@@H]2CCC2(CC[C@@H](OC)C23)[C@@H](C)C1=O. The van der Waals surface area contributed by atoms with Crippen LogP contribution in [0.25, 0.3) is 0 Å². The third-order valence-corrected chi connectivity index (χ3v) is 8.66. The molecule has 4 rings (SSSR count). The van der Waals surface area contributed by atoms with Gasteiger partial charge in [-0.25, -0.2) is 0 Å². The van der Waals surface area contributed by atoms with Crippen LogP contribution in [0.5, 0.6) is 0 Å². The molecule has 4 saturated carbocycles. The van der Waals surface area contributed by atoms with Crippen molar-refractivity contribution in [1.29, 1.82) is 0 Å². The van der Waals surface area contributed by atoms with Crippen LogP contribution < -0.4 is 0 Å². The largest absolute Gasteiger partial charge is 0.392 e. The molecule has 4 fully saturated rings. The molecule has 0 aromatic rings. The number of carbonyl (C=O) groups is 1. The molecule has 0 aliphatic heterocycles. The minimum atomic E-state index is -0.574. The van der Waals surface area contributed by atoms with Crippen LogP contribution in [-0.4, -0.2) is 43.4 Å². The van der Waals surface area contributed by atoms with Gasteiger partial charge in [0.1, 0.15) is 5.78 Å². The first-order chi connectivity index (χ1) is 11.9. The third kappa shape index (κ3) is 2.20. The first-order valence-corrected chi connectivity index (χ1v) is 10.2. The Morgan fingerprint density at radius 1 is 1.24 bits per heavy atom. The number of ether oxygens (including phenoxy) is 2. The van der Waals surface area contributed by atoms with Crippen molar-refractivity contribution in [1.82, 2.24) is 0 Å². The summed E-state index contributed by atoms with van der Waals surface area (Å²) in [4.78, 5) is 13.6. The summed E-state index contributed by atoms with van der Waals surface area (Å²) in [7, 11) is 1.81. The summed E-state index contributed by atoms with van der Waals surface area (Å²) in [6.07, 6.45) is 5.82. The maximum atomic E-state index is 13.6. The molecule has 0 aromatic heterocycles. The maximum absolute atomic E-state index is 13.6. The lowest BCUT2D eigenvalue weighted by Gasteiger charge is -2.54. The Morgan fingerprint density at radius 2 is 1.96 bits per heavy atom. The molecule has 0 saturated heterocycles. The average Bonchev–Trinajstić information content (AvgIpc) is 3.24. The van der Waals surface area contributed by atoms with Crippen LogP contribution >= 0.6 is 0 Å². The van der Waals surface area contributed by atoms with Gasteiger partial charge in [-0.1, -0.05) is 13.8 Å². The van der Waals surface area contributed by atoms with Gasteiger partial charge in [-0.05, 0) is 62.7 Å². The van der Waals surface area contributed by atoms with E-state index in [1.165, 1.54) is 6.42 Å². The zero-order valence-corrected chi connectivity index (χ0v) is 16.2. The number of Topliss-reactive ketones (excluding diaryl/α,β-unsaturated/α-hetero) is 1. The molecule has 4 aliphatic carbocycles. The molecule has 0 aromatic carbocycles. The summed E-state index contributed by atoms with van der Waals surface area (Å²) in [5.41, 5.74) is -0.576. The number of hydrogen-bond acceptors (Lipinski definition) is 4. The van der Waals surface area contributed by atoms with E-state index in [1.807, 2.05) is 21.0 Å².